The van der Waals surface area contributed by atoms with Crippen LogP contribution >= 0.6 is 0 Å². The summed E-state index contributed by atoms with van der Waals surface area (Å²) < 4.78 is 58.3. The van der Waals surface area contributed by atoms with Crippen molar-refractivity contribution < 1.29 is 36.6 Å². The number of halogens is 2. The lowest BCUT2D eigenvalue weighted by atomic mass is 10.2. The third-order valence-electron chi connectivity index (χ3n) is 3.12. The highest BCUT2D eigenvalue weighted by Gasteiger charge is 2.21. The molecule has 7 nitrogen and oxygen atoms in total. The van der Waals surface area contributed by atoms with Gasteiger partial charge in [-0.05, 0) is 30.3 Å². The van der Waals surface area contributed by atoms with Crippen LogP contribution in [0.25, 0.3) is 0 Å². The predicted octanol–water partition coefficient (Wildman–Crippen LogP) is 2.25. The largest absolute Gasteiger partial charge is 0.478 e. The summed E-state index contributed by atoms with van der Waals surface area (Å²) in [4.78, 5) is 21.7. The summed E-state index contributed by atoms with van der Waals surface area (Å²) in [6.45, 7) is 0. The van der Waals surface area contributed by atoms with Gasteiger partial charge in [0, 0.05) is 6.07 Å². The van der Waals surface area contributed by atoms with Gasteiger partial charge in [-0.25, -0.2) is 26.8 Å². The first kappa shape index (κ1) is 18.3. The summed E-state index contributed by atoms with van der Waals surface area (Å²) in [7, 11) is -3.32. The lowest BCUT2D eigenvalue weighted by Crippen LogP contribution is -2.15. The molecule has 2 N–H and O–H groups in total. The van der Waals surface area contributed by atoms with E-state index in [0.717, 1.165) is 31.4 Å². The Kier molecular flexibility index (Phi) is 5.02. The maximum atomic E-state index is 14.0. The van der Waals surface area contributed by atoms with Crippen LogP contribution in [0.5, 0.6) is 0 Å². The number of rotatable bonds is 5. The molecule has 0 saturated carbocycles. The molecule has 0 aromatic heterocycles. The molecule has 0 aliphatic rings. The molecule has 2 aromatic carbocycles. The van der Waals surface area contributed by atoms with Gasteiger partial charge in [0.05, 0.1) is 28.8 Å². The van der Waals surface area contributed by atoms with Gasteiger partial charge in [0.15, 0.2) is 0 Å². The molecule has 0 fully saturated rings. The van der Waals surface area contributed by atoms with Gasteiger partial charge >= 0.3 is 11.9 Å². The Morgan fingerprint density at radius 2 is 1.68 bits per heavy atom. The van der Waals surface area contributed by atoms with Gasteiger partial charge in [-0.15, -0.1) is 0 Å². The van der Waals surface area contributed by atoms with Crippen LogP contribution in [0.4, 0.5) is 14.5 Å². The number of benzene rings is 2. The molecular formula is C15H11F2NO6S. The molecule has 25 heavy (non-hydrogen) atoms. The van der Waals surface area contributed by atoms with Gasteiger partial charge < -0.3 is 9.84 Å². The maximum absolute atomic E-state index is 14.0. The molecular weight excluding hydrogens is 360 g/mol. The molecule has 0 saturated heterocycles. The van der Waals surface area contributed by atoms with Crippen molar-refractivity contribution >= 4 is 27.6 Å². The van der Waals surface area contributed by atoms with Crippen molar-refractivity contribution in [1.82, 2.24) is 0 Å². The summed E-state index contributed by atoms with van der Waals surface area (Å²) in [5.74, 6) is -4.72. The van der Waals surface area contributed by atoms with E-state index in [2.05, 4.69) is 4.74 Å². The maximum Gasteiger partial charge on any atom is 0.340 e. The molecule has 0 radical (unpaired) electrons. The zero-order valence-electron chi connectivity index (χ0n) is 12.6. The number of carboxylic acid groups (broad SMARTS) is 1. The fourth-order valence-corrected chi connectivity index (χ4v) is 2.93. The normalized spacial score (nSPS) is 11.0. The average Bonchev–Trinajstić information content (AvgIpc) is 2.57. The number of esters is 1. The smallest absolute Gasteiger partial charge is 0.340 e. The average molecular weight is 371 g/mol. The second kappa shape index (κ2) is 6.85. The number of hydrogen-bond acceptors (Lipinski definition) is 5. The van der Waals surface area contributed by atoms with Gasteiger partial charge in [0.2, 0.25) is 0 Å². The van der Waals surface area contributed by atoms with Crippen LogP contribution in [0, 0.1) is 11.6 Å². The Hall–Kier alpha value is -3.01. The lowest BCUT2D eigenvalue weighted by Gasteiger charge is -2.11. The molecule has 0 heterocycles. The molecule has 0 aliphatic heterocycles. The molecule has 2 rings (SSSR count). The van der Waals surface area contributed by atoms with Gasteiger partial charge in [-0.3, -0.25) is 4.72 Å². The molecule has 2 aromatic rings. The van der Waals surface area contributed by atoms with Crippen molar-refractivity contribution in [3.63, 3.8) is 0 Å². The summed E-state index contributed by atoms with van der Waals surface area (Å²) >= 11 is 0. The Bertz CT molecular complexity index is 941. The van der Waals surface area contributed by atoms with E-state index in [1.807, 2.05) is 4.72 Å². The third-order valence-corrected chi connectivity index (χ3v) is 4.50. The Morgan fingerprint density at radius 3 is 2.20 bits per heavy atom. The monoisotopic (exact) mass is 371 g/mol. The molecule has 0 unspecified atom stereocenters. The van der Waals surface area contributed by atoms with E-state index >= 15 is 0 Å². The SMILES string of the molecule is COC(=O)c1cc(F)c(NS(=O)(=O)c2ccc(C(=O)O)cc2)cc1F. The van der Waals surface area contributed by atoms with E-state index in [-0.39, 0.29) is 10.5 Å². The van der Waals surface area contributed by atoms with Crippen molar-refractivity contribution in [3.05, 3.63) is 59.2 Å². The van der Waals surface area contributed by atoms with Crippen molar-refractivity contribution in [2.45, 2.75) is 4.90 Å². The van der Waals surface area contributed by atoms with E-state index < -0.39 is 44.8 Å². The number of hydrogen-bond donors (Lipinski definition) is 2. The minimum absolute atomic E-state index is 0.140. The first-order chi connectivity index (χ1) is 11.7. The molecule has 0 atom stereocenters. The number of anilines is 1. The number of nitrogens with one attached hydrogen (secondary N) is 1. The molecule has 0 bridgehead atoms. The number of aromatic carboxylic acids is 1. The number of sulfonamides is 1. The third kappa shape index (κ3) is 3.91. The minimum atomic E-state index is -4.30. The van der Waals surface area contributed by atoms with E-state index in [9.17, 15) is 26.8 Å². The summed E-state index contributed by atoms with van der Waals surface area (Å²) in [6, 6.07) is 5.12. The van der Waals surface area contributed by atoms with E-state index in [0.29, 0.717) is 12.1 Å². The number of carbonyl (C=O) groups excluding carboxylic acids is 1. The number of carboxylic acids is 1. The van der Waals surface area contributed by atoms with Gasteiger partial charge in [0.1, 0.15) is 11.6 Å². The Balaban J connectivity index is 2.36. The molecule has 0 aliphatic carbocycles. The Morgan fingerprint density at radius 1 is 1.08 bits per heavy atom. The van der Waals surface area contributed by atoms with Crippen LogP contribution in [-0.2, 0) is 14.8 Å². The highest BCUT2D eigenvalue weighted by Crippen LogP contribution is 2.23. The van der Waals surface area contributed by atoms with Crippen molar-refractivity contribution in [1.29, 1.82) is 0 Å². The highest BCUT2D eigenvalue weighted by molar-refractivity contribution is 7.92. The molecule has 10 heteroatoms. The first-order valence-electron chi connectivity index (χ1n) is 6.59. The Labute approximate surface area is 140 Å². The zero-order valence-corrected chi connectivity index (χ0v) is 13.4. The van der Waals surface area contributed by atoms with Crippen molar-refractivity contribution in [2.75, 3.05) is 11.8 Å². The summed E-state index contributed by atoms with van der Waals surface area (Å²) in [5.41, 5.74) is -1.54. The van der Waals surface area contributed by atoms with Crippen molar-refractivity contribution in [3.8, 4) is 0 Å². The first-order valence-corrected chi connectivity index (χ1v) is 8.07. The second-order valence-electron chi connectivity index (χ2n) is 4.74. The molecule has 0 amide bonds. The van der Waals surface area contributed by atoms with Crippen molar-refractivity contribution in [2.24, 2.45) is 0 Å². The predicted molar refractivity (Wildman–Crippen MR) is 81.9 cm³/mol. The number of carbonyl (C=O) groups is 2. The highest BCUT2D eigenvalue weighted by atomic mass is 32.2. The summed E-state index contributed by atoms with van der Waals surface area (Å²) in [6.07, 6.45) is 0. The van der Waals surface area contributed by atoms with Crippen LogP contribution in [0.15, 0.2) is 41.3 Å². The van der Waals surface area contributed by atoms with Crippen LogP contribution < -0.4 is 4.72 Å². The molecule has 132 valence electrons. The standard InChI is InChI=1S/C15H11F2NO6S/c1-24-15(21)10-6-12(17)13(7-11(10)16)18-25(22,23)9-4-2-8(3-5-9)14(19)20/h2-7,18H,1H3,(H,19,20). The molecule has 0 spiro atoms. The van der Waals surface area contributed by atoms with E-state index in [1.165, 1.54) is 0 Å². The van der Waals surface area contributed by atoms with Crippen LogP contribution in [-0.4, -0.2) is 32.6 Å². The minimum Gasteiger partial charge on any atom is -0.478 e. The second-order valence-corrected chi connectivity index (χ2v) is 6.42. The van der Waals surface area contributed by atoms with Crippen LogP contribution in [0.1, 0.15) is 20.7 Å². The quantitative estimate of drug-likeness (QED) is 0.780. The van der Waals surface area contributed by atoms with Crippen LogP contribution in [0.3, 0.4) is 0 Å². The van der Waals surface area contributed by atoms with Gasteiger partial charge in [-0.1, -0.05) is 0 Å². The van der Waals surface area contributed by atoms with E-state index in [4.69, 9.17) is 5.11 Å². The topological polar surface area (TPSA) is 110 Å². The van der Waals surface area contributed by atoms with E-state index in [1.54, 1.807) is 0 Å². The zero-order chi connectivity index (χ0) is 18.8. The lowest BCUT2D eigenvalue weighted by molar-refractivity contribution is 0.0594. The number of methoxy groups -OCH3 is 1. The van der Waals surface area contributed by atoms with Gasteiger partial charge in [0.25, 0.3) is 10.0 Å². The summed E-state index contributed by atoms with van der Waals surface area (Å²) in [5, 5.41) is 8.78. The van der Waals surface area contributed by atoms with Gasteiger partial charge in [-0.2, -0.15) is 0 Å². The fraction of sp³-hybridized carbons (Fsp3) is 0.0667. The fourth-order valence-electron chi connectivity index (χ4n) is 1.87. The number of ether oxygens (including phenoxy) is 1. The van der Waals surface area contributed by atoms with Crippen LogP contribution in [0.2, 0.25) is 0 Å².